The molecule has 2 unspecified atom stereocenters. The molecule has 0 heterocycles. The maximum absolute atomic E-state index is 6.50. The Morgan fingerprint density at radius 3 is 2.35 bits per heavy atom. The van der Waals surface area contributed by atoms with Crippen LogP contribution in [0.1, 0.15) is 78.1 Å². The maximum Gasteiger partial charge on any atom is 0.00723 e. The molecule has 0 saturated heterocycles. The van der Waals surface area contributed by atoms with Crippen LogP contribution in [0.5, 0.6) is 0 Å². The van der Waals surface area contributed by atoms with E-state index >= 15 is 0 Å². The summed E-state index contributed by atoms with van der Waals surface area (Å²) in [6, 6.07) is 0.464. The van der Waals surface area contributed by atoms with E-state index < -0.39 is 0 Å². The molecule has 0 aromatic carbocycles. The quantitative estimate of drug-likeness (QED) is 0.765. The topological polar surface area (TPSA) is 26.0 Å². The van der Waals surface area contributed by atoms with Gasteiger partial charge in [-0.3, -0.25) is 0 Å². The van der Waals surface area contributed by atoms with E-state index in [-0.39, 0.29) is 0 Å². The highest BCUT2D eigenvalue weighted by Crippen LogP contribution is 2.43. The van der Waals surface area contributed by atoms with Gasteiger partial charge in [0.1, 0.15) is 0 Å². The van der Waals surface area contributed by atoms with E-state index in [9.17, 15) is 0 Å². The molecule has 0 radical (unpaired) electrons. The van der Waals surface area contributed by atoms with Crippen molar-refractivity contribution in [2.75, 3.05) is 0 Å². The Labute approximate surface area is 108 Å². The third-order valence-corrected chi connectivity index (χ3v) is 5.49. The zero-order valence-corrected chi connectivity index (χ0v) is 11.9. The predicted octanol–water partition coefficient (Wildman–Crippen LogP) is 4.50. The molecule has 0 aromatic heterocycles. The molecule has 2 N–H and O–H groups in total. The first-order chi connectivity index (χ1) is 8.09. The van der Waals surface area contributed by atoms with Crippen LogP contribution in [0.2, 0.25) is 0 Å². The van der Waals surface area contributed by atoms with Gasteiger partial charge in [-0.15, -0.1) is 0 Å². The maximum atomic E-state index is 6.50. The molecule has 2 aliphatic carbocycles. The summed E-state index contributed by atoms with van der Waals surface area (Å²) in [7, 11) is 0. The van der Waals surface area contributed by atoms with Crippen LogP contribution in [0.15, 0.2) is 0 Å². The molecule has 0 aromatic rings. The third kappa shape index (κ3) is 3.47. The summed E-state index contributed by atoms with van der Waals surface area (Å²) in [4.78, 5) is 0. The average molecular weight is 237 g/mol. The van der Waals surface area contributed by atoms with Crippen LogP contribution in [-0.4, -0.2) is 6.04 Å². The van der Waals surface area contributed by atoms with Crippen molar-refractivity contribution in [2.45, 2.75) is 84.1 Å². The molecule has 1 nitrogen and oxygen atoms in total. The van der Waals surface area contributed by atoms with Gasteiger partial charge in [-0.25, -0.2) is 0 Å². The first-order valence-electron chi connectivity index (χ1n) is 7.85. The van der Waals surface area contributed by atoms with Crippen molar-refractivity contribution in [1.82, 2.24) is 0 Å². The van der Waals surface area contributed by atoms with E-state index in [4.69, 9.17) is 5.73 Å². The van der Waals surface area contributed by atoms with Gasteiger partial charge in [-0.1, -0.05) is 52.4 Å². The Morgan fingerprint density at radius 1 is 1.06 bits per heavy atom. The highest BCUT2D eigenvalue weighted by atomic mass is 14.7. The van der Waals surface area contributed by atoms with E-state index in [1.54, 1.807) is 0 Å². The van der Waals surface area contributed by atoms with Crippen molar-refractivity contribution in [1.29, 1.82) is 0 Å². The van der Waals surface area contributed by atoms with Crippen molar-refractivity contribution in [3.05, 3.63) is 0 Å². The zero-order valence-electron chi connectivity index (χ0n) is 11.9. The van der Waals surface area contributed by atoms with Gasteiger partial charge in [0.2, 0.25) is 0 Å². The van der Waals surface area contributed by atoms with Crippen molar-refractivity contribution in [2.24, 2.45) is 23.0 Å². The van der Waals surface area contributed by atoms with Crippen molar-refractivity contribution < 1.29 is 0 Å². The van der Waals surface area contributed by atoms with Crippen LogP contribution in [-0.2, 0) is 0 Å². The van der Waals surface area contributed by atoms with Gasteiger partial charge in [0.25, 0.3) is 0 Å². The third-order valence-electron chi connectivity index (χ3n) is 5.49. The van der Waals surface area contributed by atoms with Crippen LogP contribution < -0.4 is 5.73 Å². The molecule has 100 valence electrons. The summed E-state index contributed by atoms with van der Waals surface area (Å²) in [6.45, 7) is 4.87. The molecule has 2 saturated carbocycles. The molecule has 1 heteroatoms. The monoisotopic (exact) mass is 237 g/mol. The zero-order chi connectivity index (χ0) is 12.3. The first-order valence-corrected chi connectivity index (χ1v) is 7.85. The van der Waals surface area contributed by atoms with Crippen LogP contribution in [0.4, 0.5) is 0 Å². The predicted molar refractivity (Wildman–Crippen MR) is 74.9 cm³/mol. The van der Waals surface area contributed by atoms with Crippen LogP contribution >= 0.6 is 0 Å². The van der Waals surface area contributed by atoms with Crippen LogP contribution in [0.3, 0.4) is 0 Å². The normalized spacial score (nSPS) is 31.6. The second-order valence-corrected chi connectivity index (χ2v) is 7.23. The summed E-state index contributed by atoms with van der Waals surface area (Å²) >= 11 is 0. The molecule has 2 atom stereocenters. The van der Waals surface area contributed by atoms with Gasteiger partial charge in [0, 0.05) is 6.04 Å². The van der Waals surface area contributed by atoms with Crippen molar-refractivity contribution in [3.63, 3.8) is 0 Å². The van der Waals surface area contributed by atoms with E-state index in [1.165, 1.54) is 64.2 Å². The number of nitrogens with two attached hydrogens (primary N) is 1. The standard InChI is InChI=1S/C16H31N/c1-16(2)12-6-5-9-14(16)15(17)11-10-13-7-3-4-8-13/h13-15H,3-12,17H2,1-2H3. The fourth-order valence-electron chi connectivity index (χ4n) is 4.24. The molecule has 2 aliphatic rings. The second kappa shape index (κ2) is 5.73. The Bertz CT molecular complexity index is 228. The molecule has 0 aliphatic heterocycles. The highest BCUT2D eigenvalue weighted by molar-refractivity contribution is 4.89. The largest absolute Gasteiger partial charge is 0.327 e. The lowest BCUT2D eigenvalue weighted by Crippen LogP contribution is -2.41. The number of rotatable bonds is 4. The number of hydrogen-bond acceptors (Lipinski definition) is 1. The van der Waals surface area contributed by atoms with Crippen LogP contribution in [0.25, 0.3) is 0 Å². The first kappa shape index (κ1) is 13.4. The Hall–Kier alpha value is -0.0400. The minimum atomic E-state index is 0.464. The van der Waals surface area contributed by atoms with Gasteiger partial charge in [0.05, 0.1) is 0 Å². The summed E-state index contributed by atoms with van der Waals surface area (Å²) in [5.74, 6) is 1.78. The van der Waals surface area contributed by atoms with E-state index in [2.05, 4.69) is 13.8 Å². The molecule has 0 bridgehead atoms. The van der Waals surface area contributed by atoms with E-state index in [0.29, 0.717) is 11.5 Å². The van der Waals surface area contributed by atoms with Gasteiger partial charge in [-0.05, 0) is 42.9 Å². The molecule has 0 amide bonds. The summed E-state index contributed by atoms with van der Waals surface area (Å²) < 4.78 is 0. The van der Waals surface area contributed by atoms with E-state index in [1.807, 2.05) is 0 Å². The summed E-state index contributed by atoms with van der Waals surface area (Å²) in [5, 5.41) is 0. The molecule has 2 rings (SSSR count). The minimum Gasteiger partial charge on any atom is -0.327 e. The van der Waals surface area contributed by atoms with Gasteiger partial charge >= 0.3 is 0 Å². The highest BCUT2D eigenvalue weighted by Gasteiger charge is 2.35. The molecule has 0 spiro atoms. The summed E-state index contributed by atoms with van der Waals surface area (Å²) in [6.07, 6.45) is 14.1. The fourth-order valence-corrected chi connectivity index (χ4v) is 4.24. The summed E-state index contributed by atoms with van der Waals surface area (Å²) in [5.41, 5.74) is 7.00. The molecular formula is C16H31N. The lowest BCUT2D eigenvalue weighted by Gasteiger charge is -2.42. The number of hydrogen-bond donors (Lipinski definition) is 1. The Balaban J connectivity index is 1.79. The smallest absolute Gasteiger partial charge is 0.00723 e. The van der Waals surface area contributed by atoms with E-state index in [0.717, 1.165) is 11.8 Å². The Morgan fingerprint density at radius 2 is 1.71 bits per heavy atom. The average Bonchev–Trinajstić information content (AvgIpc) is 2.78. The van der Waals surface area contributed by atoms with Gasteiger partial charge in [-0.2, -0.15) is 0 Å². The van der Waals surface area contributed by atoms with Crippen molar-refractivity contribution >= 4 is 0 Å². The molecule has 17 heavy (non-hydrogen) atoms. The lowest BCUT2D eigenvalue weighted by atomic mass is 9.65. The molecule has 2 fully saturated rings. The van der Waals surface area contributed by atoms with Crippen LogP contribution in [0, 0.1) is 17.3 Å². The van der Waals surface area contributed by atoms with Crippen molar-refractivity contribution in [3.8, 4) is 0 Å². The Kier molecular flexibility index (Phi) is 4.52. The SMILES string of the molecule is CC1(C)CCCCC1C(N)CCC1CCCC1. The van der Waals surface area contributed by atoms with Gasteiger partial charge in [0.15, 0.2) is 0 Å². The lowest BCUT2D eigenvalue weighted by molar-refractivity contribution is 0.107. The fraction of sp³-hybridized carbons (Fsp3) is 1.00. The minimum absolute atomic E-state index is 0.464. The molecular weight excluding hydrogens is 206 g/mol. The second-order valence-electron chi connectivity index (χ2n) is 7.23. The van der Waals surface area contributed by atoms with Gasteiger partial charge < -0.3 is 5.73 Å².